The van der Waals surface area contributed by atoms with Crippen molar-refractivity contribution >= 4 is 5.65 Å². The summed E-state index contributed by atoms with van der Waals surface area (Å²) in [5.41, 5.74) is 2.44. The van der Waals surface area contributed by atoms with E-state index in [1.165, 1.54) is 6.07 Å². The highest BCUT2D eigenvalue weighted by Crippen LogP contribution is 2.16. The highest BCUT2D eigenvalue weighted by molar-refractivity contribution is 5.44. The molecule has 2 aromatic heterocycles. The summed E-state index contributed by atoms with van der Waals surface area (Å²) in [6.45, 7) is 6.88. The Morgan fingerprint density at radius 3 is 2.94 bits per heavy atom. The van der Waals surface area contributed by atoms with Gasteiger partial charge in [0.05, 0.1) is 11.4 Å². The average molecular weight is 248 g/mol. The summed E-state index contributed by atoms with van der Waals surface area (Å²) in [6, 6.07) is 3.18. The molecule has 18 heavy (non-hydrogen) atoms. The third kappa shape index (κ3) is 2.00. The molecule has 0 saturated carbocycles. The van der Waals surface area contributed by atoms with Crippen LogP contribution >= 0.6 is 0 Å². The lowest BCUT2D eigenvalue weighted by molar-refractivity contribution is 0.229. The van der Waals surface area contributed by atoms with Gasteiger partial charge in [0.15, 0.2) is 11.5 Å². The first kappa shape index (κ1) is 11.6. The lowest BCUT2D eigenvalue weighted by Gasteiger charge is -2.27. The van der Waals surface area contributed by atoms with Gasteiger partial charge in [-0.25, -0.2) is 9.37 Å². The van der Waals surface area contributed by atoms with Crippen molar-refractivity contribution in [3.05, 3.63) is 35.5 Å². The monoisotopic (exact) mass is 248 g/mol. The van der Waals surface area contributed by atoms with E-state index < -0.39 is 0 Å². The first-order valence-corrected chi connectivity index (χ1v) is 6.31. The minimum atomic E-state index is -0.257. The SMILES string of the molecule is Cc1nc2c(F)cccn2c1CN1CCNCC1. The Morgan fingerprint density at radius 1 is 1.39 bits per heavy atom. The Balaban J connectivity index is 1.95. The predicted molar refractivity (Wildman–Crippen MR) is 68.0 cm³/mol. The number of hydrogen-bond donors (Lipinski definition) is 1. The molecule has 0 aliphatic carbocycles. The molecule has 1 aliphatic heterocycles. The Hall–Kier alpha value is -1.46. The summed E-state index contributed by atoms with van der Waals surface area (Å²) in [5.74, 6) is -0.257. The van der Waals surface area contributed by atoms with Gasteiger partial charge in [-0.2, -0.15) is 0 Å². The van der Waals surface area contributed by atoms with Crippen molar-refractivity contribution in [1.82, 2.24) is 19.6 Å². The largest absolute Gasteiger partial charge is 0.314 e. The van der Waals surface area contributed by atoms with Gasteiger partial charge < -0.3 is 9.72 Å². The maximum atomic E-state index is 13.7. The minimum absolute atomic E-state index is 0.257. The number of aromatic nitrogens is 2. The van der Waals surface area contributed by atoms with Crippen molar-refractivity contribution < 1.29 is 4.39 Å². The van der Waals surface area contributed by atoms with Gasteiger partial charge in [0.1, 0.15) is 0 Å². The molecule has 1 aliphatic rings. The van der Waals surface area contributed by atoms with Gasteiger partial charge >= 0.3 is 0 Å². The molecule has 3 rings (SSSR count). The molecule has 1 saturated heterocycles. The van der Waals surface area contributed by atoms with Crippen LogP contribution in [0.3, 0.4) is 0 Å². The molecular formula is C13H17FN4. The molecule has 0 spiro atoms. The molecule has 0 radical (unpaired) electrons. The number of hydrogen-bond acceptors (Lipinski definition) is 3. The van der Waals surface area contributed by atoms with E-state index in [2.05, 4.69) is 15.2 Å². The normalized spacial score (nSPS) is 17.4. The van der Waals surface area contributed by atoms with Crippen LogP contribution in [0.1, 0.15) is 11.4 Å². The standard InChI is InChI=1S/C13H17FN4/c1-10-12(9-17-7-4-15-5-8-17)18-6-2-3-11(14)13(18)16-10/h2-3,6,15H,4-5,7-9H2,1H3. The first-order chi connectivity index (χ1) is 8.75. The zero-order chi connectivity index (χ0) is 12.5. The lowest BCUT2D eigenvalue weighted by atomic mass is 10.3. The van der Waals surface area contributed by atoms with Crippen LogP contribution in [0, 0.1) is 12.7 Å². The second-order valence-corrected chi connectivity index (χ2v) is 4.72. The molecule has 96 valence electrons. The molecule has 2 aromatic rings. The van der Waals surface area contributed by atoms with Crippen LogP contribution in [0.5, 0.6) is 0 Å². The van der Waals surface area contributed by atoms with E-state index in [0.29, 0.717) is 5.65 Å². The Bertz CT molecular complexity index is 557. The fourth-order valence-electron chi connectivity index (χ4n) is 2.47. The van der Waals surface area contributed by atoms with E-state index in [-0.39, 0.29) is 5.82 Å². The number of halogens is 1. The molecule has 1 fully saturated rings. The third-order valence-electron chi connectivity index (χ3n) is 3.48. The Morgan fingerprint density at radius 2 is 2.17 bits per heavy atom. The van der Waals surface area contributed by atoms with Crippen LogP contribution in [0.15, 0.2) is 18.3 Å². The average Bonchev–Trinajstić information content (AvgIpc) is 2.70. The van der Waals surface area contributed by atoms with E-state index in [4.69, 9.17) is 0 Å². The predicted octanol–water partition coefficient (Wildman–Crippen LogP) is 1.19. The summed E-state index contributed by atoms with van der Waals surface area (Å²) < 4.78 is 15.5. The summed E-state index contributed by atoms with van der Waals surface area (Å²) in [5, 5.41) is 3.33. The topological polar surface area (TPSA) is 32.6 Å². The summed E-state index contributed by atoms with van der Waals surface area (Å²) in [7, 11) is 0. The van der Waals surface area contributed by atoms with Gasteiger partial charge in [-0.05, 0) is 19.1 Å². The van der Waals surface area contributed by atoms with E-state index in [9.17, 15) is 4.39 Å². The molecule has 0 unspecified atom stereocenters. The zero-order valence-corrected chi connectivity index (χ0v) is 10.5. The molecule has 0 amide bonds. The van der Waals surface area contributed by atoms with E-state index in [1.54, 1.807) is 6.07 Å². The van der Waals surface area contributed by atoms with Crippen molar-refractivity contribution in [3.8, 4) is 0 Å². The van der Waals surface area contributed by atoms with Crippen molar-refractivity contribution in [1.29, 1.82) is 0 Å². The molecule has 1 N–H and O–H groups in total. The van der Waals surface area contributed by atoms with E-state index in [1.807, 2.05) is 17.5 Å². The Kier molecular flexibility index (Phi) is 3.01. The number of nitrogens with one attached hydrogen (secondary N) is 1. The van der Waals surface area contributed by atoms with Crippen LogP contribution in [-0.4, -0.2) is 40.5 Å². The number of fused-ring (bicyclic) bond motifs is 1. The van der Waals surface area contributed by atoms with Gasteiger partial charge in [0.25, 0.3) is 0 Å². The summed E-state index contributed by atoms with van der Waals surface area (Å²) in [6.07, 6.45) is 1.88. The number of imidazole rings is 1. The van der Waals surface area contributed by atoms with Crippen LogP contribution in [0.4, 0.5) is 4.39 Å². The third-order valence-corrected chi connectivity index (χ3v) is 3.48. The number of piperazine rings is 1. The minimum Gasteiger partial charge on any atom is -0.314 e. The van der Waals surface area contributed by atoms with Crippen molar-refractivity contribution in [2.24, 2.45) is 0 Å². The lowest BCUT2D eigenvalue weighted by Crippen LogP contribution is -2.43. The second kappa shape index (κ2) is 4.66. The Labute approximate surface area is 105 Å². The fraction of sp³-hybridized carbons (Fsp3) is 0.462. The van der Waals surface area contributed by atoms with Crippen molar-refractivity contribution in [2.75, 3.05) is 26.2 Å². The van der Waals surface area contributed by atoms with Crippen molar-refractivity contribution in [2.45, 2.75) is 13.5 Å². The van der Waals surface area contributed by atoms with Crippen molar-refractivity contribution in [3.63, 3.8) is 0 Å². The highest BCUT2D eigenvalue weighted by Gasteiger charge is 2.16. The molecule has 0 atom stereocenters. The molecule has 5 heteroatoms. The molecule has 3 heterocycles. The van der Waals surface area contributed by atoms with Crippen LogP contribution < -0.4 is 5.32 Å². The van der Waals surface area contributed by atoms with Gasteiger partial charge in [-0.15, -0.1) is 0 Å². The molecule has 0 aromatic carbocycles. The van der Waals surface area contributed by atoms with Gasteiger partial charge in [0, 0.05) is 38.9 Å². The molecular weight excluding hydrogens is 231 g/mol. The first-order valence-electron chi connectivity index (χ1n) is 6.31. The maximum absolute atomic E-state index is 13.7. The summed E-state index contributed by atoms with van der Waals surface area (Å²) in [4.78, 5) is 6.70. The van der Waals surface area contributed by atoms with E-state index >= 15 is 0 Å². The highest BCUT2D eigenvalue weighted by atomic mass is 19.1. The second-order valence-electron chi connectivity index (χ2n) is 4.72. The summed E-state index contributed by atoms with van der Waals surface area (Å²) >= 11 is 0. The number of nitrogens with zero attached hydrogens (tertiary/aromatic N) is 3. The van der Waals surface area contributed by atoms with Crippen LogP contribution in [-0.2, 0) is 6.54 Å². The number of pyridine rings is 1. The van der Waals surface area contributed by atoms with Gasteiger partial charge in [-0.1, -0.05) is 0 Å². The molecule has 0 bridgehead atoms. The van der Waals surface area contributed by atoms with Gasteiger partial charge in [0.2, 0.25) is 0 Å². The van der Waals surface area contributed by atoms with Gasteiger partial charge in [-0.3, -0.25) is 4.90 Å². The maximum Gasteiger partial charge on any atom is 0.173 e. The fourth-order valence-corrected chi connectivity index (χ4v) is 2.47. The van der Waals surface area contributed by atoms with Crippen LogP contribution in [0.2, 0.25) is 0 Å². The molecule has 4 nitrogen and oxygen atoms in total. The number of rotatable bonds is 2. The zero-order valence-electron chi connectivity index (χ0n) is 10.5. The van der Waals surface area contributed by atoms with Crippen LogP contribution in [0.25, 0.3) is 5.65 Å². The van der Waals surface area contributed by atoms with E-state index in [0.717, 1.165) is 44.1 Å². The number of aryl methyl sites for hydroxylation is 1. The smallest absolute Gasteiger partial charge is 0.173 e. The quantitative estimate of drug-likeness (QED) is 0.866.